The SMILES string of the molecule is Cc1c(CCN)nn(C)c1-c1cc(Cl)ccc1F. The highest BCUT2D eigenvalue weighted by Gasteiger charge is 2.16. The summed E-state index contributed by atoms with van der Waals surface area (Å²) in [6, 6.07) is 4.52. The summed E-state index contributed by atoms with van der Waals surface area (Å²) in [5.41, 5.74) is 8.60. The van der Waals surface area contributed by atoms with Crippen molar-refractivity contribution in [3.63, 3.8) is 0 Å². The molecular formula is C13H15ClFN3. The molecule has 2 aromatic rings. The summed E-state index contributed by atoms with van der Waals surface area (Å²) in [6.07, 6.45) is 0.682. The molecule has 0 aliphatic carbocycles. The second kappa shape index (κ2) is 5.08. The Labute approximate surface area is 110 Å². The zero-order valence-corrected chi connectivity index (χ0v) is 11.1. The summed E-state index contributed by atoms with van der Waals surface area (Å²) in [5.74, 6) is -0.301. The molecule has 0 spiro atoms. The third-order valence-electron chi connectivity index (χ3n) is 2.95. The van der Waals surface area contributed by atoms with Gasteiger partial charge in [0.05, 0.1) is 11.4 Å². The van der Waals surface area contributed by atoms with Crippen molar-refractivity contribution in [2.24, 2.45) is 12.8 Å². The fourth-order valence-corrected chi connectivity index (χ4v) is 2.29. The van der Waals surface area contributed by atoms with E-state index in [9.17, 15) is 4.39 Å². The maximum atomic E-state index is 13.9. The Morgan fingerprint density at radius 1 is 1.44 bits per heavy atom. The molecule has 2 rings (SSSR count). The van der Waals surface area contributed by atoms with Crippen molar-refractivity contribution in [1.82, 2.24) is 9.78 Å². The van der Waals surface area contributed by atoms with E-state index in [1.54, 1.807) is 17.8 Å². The Hall–Kier alpha value is -1.39. The van der Waals surface area contributed by atoms with Crippen molar-refractivity contribution in [1.29, 1.82) is 0 Å². The molecule has 1 heterocycles. The van der Waals surface area contributed by atoms with E-state index in [1.165, 1.54) is 12.1 Å². The van der Waals surface area contributed by atoms with Crippen molar-refractivity contribution in [3.05, 3.63) is 40.3 Å². The first-order valence-electron chi connectivity index (χ1n) is 5.72. The molecule has 1 aromatic heterocycles. The maximum absolute atomic E-state index is 13.9. The standard InChI is InChI=1S/C13H15ClFN3/c1-8-12(5-6-16)17-18(2)13(8)10-7-9(14)3-4-11(10)15/h3-4,7H,5-6,16H2,1-2H3. The maximum Gasteiger partial charge on any atom is 0.132 e. The molecule has 0 amide bonds. The summed E-state index contributed by atoms with van der Waals surface area (Å²) in [4.78, 5) is 0. The van der Waals surface area contributed by atoms with Gasteiger partial charge in [-0.2, -0.15) is 5.10 Å². The number of hydrogen-bond donors (Lipinski definition) is 1. The van der Waals surface area contributed by atoms with Gasteiger partial charge in [-0.25, -0.2) is 4.39 Å². The lowest BCUT2D eigenvalue weighted by molar-refractivity contribution is 0.627. The number of rotatable bonds is 3. The molecule has 1 aromatic carbocycles. The van der Waals surface area contributed by atoms with Crippen LogP contribution in [0, 0.1) is 12.7 Å². The van der Waals surface area contributed by atoms with Crippen LogP contribution >= 0.6 is 11.6 Å². The third kappa shape index (κ3) is 2.26. The lowest BCUT2D eigenvalue weighted by atomic mass is 10.1. The van der Waals surface area contributed by atoms with Gasteiger partial charge in [0.1, 0.15) is 5.82 Å². The number of aromatic nitrogens is 2. The average molecular weight is 268 g/mol. The van der Waals surface area contributed by atoms with Crippen molar-refractivity contribution in [2.45, 2.75) is 13.3 Å². The van der Waals surface area contributed by atoms with Crippen molar-refractivity contribution in [2.75, 3.05) is 6.54 Å². The van der Waals surface area contributed by atoms with Gasteiger partial charge in [0, 0.05) is 24.1 Å². The van der Waals surface area contributed by atoms with Crippen LogP contribution in [0.1, 0.15) is 11.3 Å². The highest BCUT2D eigenvalue weighted by atomic mass is 35.5. The summed E-state index contributed by atoms with van der Waals surface area (Å²) < 4.78 is 15.6. The lowest BCUT2D eigenvalue weighted by Gasteiger charge is -2.06. The first-order chi connectivity index (χ1) is 8.54. The van der Waals surface area contributed by atoms with Gasteiger partial charge in [0.15, 0.2) is 0 Å². The van der Waals surface area contributed by atoms with Gasteiger partial charge in [-0.05, 0) is 37.2 Å². The van der Waals surface area contributed by atoms with Gasteiger partial charge in [-0.3, -0.25) is 4.68 Å². The summed E-state index contributed by atoms with van der Waals surface area (Å²) in [7, 11) is 1.79. The van der Waals surface area contributed by atoms with E-state index in [-0.39, 0.29) is 5.82 Å². The Bertz CT molecular complexity index is 578. The first kappa shape index (κ1) is 13.1. The number of benzene rings is 1. The van der Waals surface area contributed by atoms with Crippen LogP contribution in [0.15, 0.2) is 18.2 Å². The molecule has 18 heavy (non-hydrogen) atoms. The second-order valence-corrected chi connectivity index (χ2v) is 4.64. The summed E-state index contributed by atoms with van der Waals surface area (Å²) in [5, 5.41) is 4.88. The molecule has 96 valence electrons. The lowest BCUT2D eigenvalue weighted by Crippen LogP contribution is -2.04. The number of nitrogens with zero attached hydrogens (tertiary/aromatic N) is 2. The largest absolute Gasteiger partial charge is 0.330 e. The highest BCUT2D eigenvalue weighted by molar-refractivity contribution is 6.30. The van der Waals surface area contributed by atoms with Crippen molar-refractivity contribution < 1.29 is 4.39 Å². The average Bonchev–Trinajstić information content (AvgIpc) is 2.59. The first-order valence-corrected chi connectivity index (χ1v) is 6.10. The minimum absolute atomic E-state index is 0.301. The zero-order valence-electron chi connectivity index (χ0n) is 10.4. The predicted octanol–water partition coefficient (Wildman–Crippen LogP) is 2.69. The smallest absolute Gasteiger partial charge is 0.132 e. The van der Waals surface area contributed by atoms with E-state index in [1.807, 2.05) is 6.92 Å². The van der Waals surface area contributed by atoms with E-state index in [4.69, 9.17) is 17.3 Å². The number of nitrogens with two attached hydrogens (primary N) is 1. The van der Waals surface area contributed by atoms with Crippen LogP contribution in [0.25, 0.3) is 11.3 Å². The van der Waals surface area contributed by atoms with Crippen LogP contribution < -0.4 is 5.73 Å². The van der Waals surface area contributed by atoms with E-state index >= 15 is 0 Å². The van der Waals surface area contributed by atoms with E-state index < -0.39 is 0 Å². The molecule has 0 fully saturated rings. The molecule has 0 saturated heterocycles. The number of hydrogen-bond acceptors (Lipinski definition) is 2. The van der Waals surface area contributed by atoms with Crippen LogP contribution in [-0.2, 0) is 13.5 Å². The van der Waals surface area contributed by atoms with Gasteiger partial charge < -0.3 is 5.73 Å². The Morgan fingerprint density at radius 2 is 2.17 bits per heavy atom. The fourth-order valence-electron chi connectivity index (χ4n) is 2.11. The van der Waals surface area contributed by atoms with Gasteiger partial charge in [0.2, 0.25) is 0 Å². The Kier molecular flexibility index (Phi) is 3.68. The van der Waals surface area contributed by atoms with E-state index in [2.05, 4.69) is 5.10 Å². The van der Waals surface area contributed by atoms with Crippen LogP contribution in [0.5, 0.6) is 0 Å². The van der Waals surface area contributed by atoms with E-state index in [0.29, 0.717) is 23.6 Å². The van der Waals surface area contributed by atoms with Gasteiger partial charge >= 0.3 is 0 Å². The van der Waals surface area contributed by atoms with Crippen LogP contribution in [0.3, 0.4) is 0 Å². The van der Waals surface area contributed by atoms with E-state index in [0.717, 1.165) is 17.0 Å². The van der Waals surface area contributed by atoms with Gasteiger partial charge in [-0.1, -0.05) is 11.6 Å². The minimum Gasteiger partial charge on any atom is -0.330 e. The van der Waals surface area contributed by atoms with Gasteiger partial charge in [0.25, 0.3) is 0 Å². The molecule has 0 unspecified atom stereocenters. The molecular weight excluding hydrogens is 253 g/mol. The quantitative estimate of drug-likeness (QED) is 0.929. The summed E-state index contributed by atoms with van der Waals surface area (Å²) >= 11 is 5.92. The molecule has 0 aliphatic rings. The molecule has 0 aliphatic heterocycles. The van der Waals surface area contributed by atoms with Crippen molar-refractivity contribution in [3.8, 4) is 11.3 Å². The van der Waals surface area contributed by atoms with Crippen molar-refractivity contribution >= 4 is 11.6 Å². The number of aryl methyl sites for hydroxylation is 1. The van der Waals surface area contributed by atoms with Crippen LogP contribution in [0.2, 0.25) is 5.02 Å². The highest BCUT2D eigenvalue weighted by Crippen LogP contribution is 2.29. The predicted molar refractivity (Wildman–Crippen MR) is 71.1 cm³/mol. The van der Waals surface area contributed by atoms with Crippen LogP contribution in [-0.4, -0.2) is 16.3 Å². The zero-order chi connectivity index (χ0) is 13.3. The summed E-state index contributed by atoms with van der Waals surface area (Å²) in [6.45, 7) is 2.45. The normalized spacial score (nSPS) is 10.9. The Balaban J connectivity index is 2.60. The van der Waals surface area contributed by atoms with Gasteiger partial charge in [-0.15, -0.1) is 0 Å². The molecule has 0 bridgehead atoms. The topological polar surface area (TPSA) is 43.8 Å². The monoisotopic (exact) mass is 267 g/mol. The fraction of sp³-hybridized carbons (Fsp3) is 0.308. The Morgan fingerprint density at radius 3 is 2.83 bits per heavy atom. The number of halogens is 2. The second-order valence-electron chi connectivity index (χ2n) is 4.21. The molecule has 0 atom stereocenters. The molecule has 0 saturated carbocycles. The molecule has 5 heteroatoms. The third-order valence-corrected chi connectivity index (χ3v) is 3.18. The molecule has 3 nitrogen and oxygen atoms in total. The molecule has 0 radical (unpaired) electrons. The van der Waals surface area contributed by atoms with Crippen LogP contribution in [0.4, 0.5) is 4.39 Å². The molecule has 2 N–H and O–H groups in total. The minimum atomic E-state index is -0.301.